The quantitative estimate of drug-likeness (QED) is 0.711. The Morgan fingerprint density at radius 1 is 1.32 bits per heavy atom. The highest BCUT2D eigenvalue weighted by Gasteiger charge is 2.24. The lowest BCUT2D eigenvalue weighted by molar-refractivity contribution is 0.0625. The van der Waals surface area contributed by atoms with Crippen molar-refractivity contribution in [1.29, 1.82) is 0 Å². The van der Waals surface area contributed by atoms with Gasteiger partial charge in [-0.2, -0.15) is 0 Å². The first-order valence-corrected chi connectivity index (χ1v) is 9.01. The first kappa shape index (κ1) is 16.0. The van der Waals surface area contributed by atoms with Crippen LogP contribution >= 0.6 is 11.3 Å². The minimum absolute atomic E-state index is 0.0160. The highest BCUT2D eigenvalue weighted by molar-refractivity contribution is 7.15. The molecule has 0 radical (unpaired) electrons. The number of carbonyl (C=O) groups is 1. The average Bonchev–Trinajstić information content (AvgIpc) is 3.24. The molecule has 7 nitrogen and oxygen atoms in total. The zero-order valence-electron chi connectivity index (χ0n) is 13.8. The molecule has 1 fully saturated rings. The average molecular weight is 358 g/mol. The standard InChI is InChI=1S/C17H18N4O3S/c1-12-14(2-8-24-12)16(23)20-5-3-19(4-6-20)11-13-10-15(22)21-7-9-25-17(21)18-13/h2,7-10H,3-6,11H2,1H3. The third-order valence-corrected chi connectivity index (χ3v) is 5.25. The zero-order valence-corrected chi connectivity index (χ0v) is 14.7. The number of nitrogens with zero attached hydrogens (tertiary/aromatic N) is 4. The van der Waals surface area contributed by atoms with Gasteiger partial charge in [0.15, 0.2) is 4.96 Å². The highest BCUT2D eigenvalue weighted by Crippen LogP contribution is 2.15. The number of hydrogen-bond donors (Lipinski definition) is 0. The predicted molar refractivity (Wildman–Crippen MR) is 94.0 cm³/mol. The van der Waals surface area contributed by atoms with E-state index in [1.807, 2.05) is 10.3 Å². The number of carbonyl (C=O) groups excluding carboxylic acids is 1. The minimum atomic E-state index is -0.0505. The molecule has 1 aliphatic heterocycles. The molecule has 1 saturated heterocycles. The van der Waals surface area contributed by atoms with E-state index in [1.165, 1.54) is 11.3 Å². The maximum absolute atomic E-state index is 12.5. The molecule has 0 atom stereocenters. The molecule has 1 amide bonds. The summed E-state index contributed by atoms with van der Waals surface area (Å²) in [5.41, 5.74) is 1.36. The molecule has 0 N–H and O–H groups in total. The van der Waals surface area contributed by atoms with Gasteiger partial charge in [-0.25, -0.2) is 4.98 Å². The van der Waals surface area contributed by atoms with Crippen molar-refractivity contribution in [2.45, 2.75) is 13.5 Å². The Balaban J connectivity index is 1.41. The van der Waals surface area contributed by atoms with Crippen LogP contribution in [0.25, 0.3) is 4.96 Å². The second-order valence-electron chi connectivity index (χ2n) is 6.10. The van der Waals surface area contributed by atoms with E-state index in [1.54, 1.807) is 35.9 Å². The lowest BCUT2D eigenvalue weighted by Gasteiger charge is -2.34. The van der Waals surface area contributed by atoms with Crippen LogP contribution in [0.5, 0.6) is 0 Å². The number of thiazole rings is 1. The van der Waals surface area contributed by atoms with Crippen LogP contribution in [-0.2, 0) is 6.54 Å². The lowest BCUT2D eigenvalue weighted by Crippen LogP contribution is -2.48. The number of fused-ring (bicyclic) bond motifs is 1. The van der Waals surface area contributed by atoms with Gasteiger partial charge in [-0.05, 0) is 13.0 Å². The third kappa shape index (κ3) is 3.10. The number of rotatable bonds is 3. The maximum atomic E-state index is 12.5. The number of hydrogen-bond acceptors (Lipinski definition) is 6. The van der Waals surface area contributed by atoms with Gasteiger partial charge >= 0.3 is 0 Å². The third-order valence-electron chi connectivity index (χ3n) is 4.49. The second kappa shape index (κ2) is 6.45. The van der Waals surface area contributed by atoms with Gasteiger partial charge in [0.2, 0.25) is 0 Å². The van der Waals surface area contributed by atoms with Crippen LogP contribution < -0.4 is 5.56 Å². The van der Waals surface area contributed by atoms with Gasteiger partial charge in [0.1, 0.15) is 5.76 Å². The van der Waals surface area contributed by atoms with Crippen LogP contribution in [0, 0.1) is 6.92 Å². The van der Waals surface area contributed by atoms with Gasteiger partial charge in [-0.3, -0.25) is 18.9 Å². The van der Waals surface area contributed by atoms with Crippen molar-refractivity contribution >= 4 is 22.2 Å². The molecule has 0 unspecified atom stereocenters. The van der Waals surface area contributed by atoms with Crippen molar-refractivity contribution in [3.8, 4) is 0 Å². The molecule has 4 heterocycles. The van der Waals surface area contributed by atoms with E-state index < -0.39 is 0 Å². The van der Waals surface area contributed by atoms with Crippen molar-refractivity contribution in [3.63, 3.8) is 0 Å². The van der Waals surface area contributed by atoms with E-state index in [2.05, 4.69) is 9.88 Å². The van der Waals surface area contributed by atoms with Crippen LogP contribution in [0.1, 0.15) is 21.8 Å². The largest absolute Gasteiger partial charge is 0.469 e. The summed E-state index contributed by atoms with van der Waals surface area (Å²) in [5, 5.41) is 1.86. The van der Waals surface area contributed by atoms with Crippen LogP contribution in [0.2, 0.25) is 0 Å². The molecule has 4 rings (SSSR count). The van der Waals surface area contributed by atoms with E-state index in [0.717, 1.165) is 18.8 Å². The summed E-state index contributed by atoms with van der Waals surface area (Å²) in [6, 6.07) is 3.31. The predicted octanol–water partition coefficient (Wildman–Crippen LogP) is 1.62. The van der Waals surface area contributed by atoms with Crippen molar-refractivity contribution in [3.05, 3.63) is 57.3 Å². The molecule has 0 bridgehead atoms. The van der Waals surface area contributed by atoms with E-state index in [-0.39, 0.29) is 11.5 Å². The Hall–Kier alpha value is -2.45. The molecule has 0 saturated carbocycles. The van der Waals surface area contributed by atoms with E-state index >= 15 is 0 Å². The second-order valence-corrected chi connectivity index (χ2v) is 6.97. The van der Waals surface area contributed by atoms with Crippen molar-refractivity contribution in [2.75, 3.05) is 26.2 Å². The molecule has 0 aliphatic carbocycles. The molecule has 1 aliphatic rings. The fourth-order valence-corrected chi connectivity index (χ4v) is 3.82. The van der Waals surface area contributed by atoms with Crippen LogP contribution in [-0.4, -0.2) is 51.3 Å². The Morgan fingerprint density at radius 3 is 2.84 bits per heavy atom. The Kier molecular flexibility index (Phi) is 4.14. The van der Waals surface area contributed by atoms with Gasteiger partial charge in [0.25, 0.3) is 11.5 Å². The first-order chi connectivity index (χ1) is 12.1. The van der Waals surface area contributed by atoms with E-state index in [0.29, 0.717) is 35.9 Å². The summed E-state index contributed by atoms with van der Waals surface area (Å²) >= 11 is 1.45. The molecular formula is C17H18N4O3S. The molecule has 3 aromatic rings. The van der Waals surface area contributed by atoms with Crippen molar-refractivity contribution in [1.82, 2.24) is 19.2 Å². The van der Waals surface area contributed by atoms with Gasteiger partial charge in [0, 0.05) is 50.4 Å². The monoisotopic (exact) mass is 358 g/mol. The summed E-state index contributed by atoms with van der Waals surface area (Å²) < 4.78 is 6.77. The van der Waals surface area contributed by atoms with E-state index in [4.69, 9.17) is 4.42 Å². The maximum Gasteiger partial charge on any atom is 0.258 e. The fourth-order valence-electron chi connectivity index (χ4n) is 3.08. The Morgan fingerprint density at radius 2 is 2.12 bits per heavy atom. The molecule has 8 heteroatoms. The van der Waals surface area contributed by atoms with Crippen LogP contribution in [0.15, 0.2) is 39.2 Å². The molecule has 3 aromatic heterocycles. The van der Waals surface area contributed by atoms with Gasteiger partial charge < -0.3 is 9.32 Å². The van der Waals surface area contributed by atoms with Gasteiger partial charge in [-0.15, -0.1) is 11.3 Å². The summed E-state index contributed by atoms with van der Waals surface area (Å²) in [6.45, 7) is 5.25. The molecule has 0 aromatic carbocycles. The molecule has 25 heavy (non-hydrogen) atoms. The van der Waals surface area contributed by atoms with Crippen LogP contribution in [0.4, 0.5) is 0 Å². The van der Waals surface area contributed by atoms with Crippen molar-refractivity contribution in [2.24, 2.45) is 0 Å². The number of furan rings is 1. The summed E-state index contributed by atoms with van der Waals surface area (Å²) in [5.74, 6) is 0.670. The number of amides is 1. The number of aryl methyl sites for hydroxylation is 1. The molecular weight excluding hydrogens is 340 g/mol. The Labute approximate surface area is 148 Å². The van der Waals surface area contributed by atoms with Crippen LogP contribution in [0.3, 0.4) is 0 Å². The van der Waals surface area contributed by atoms with Gasteiger partial charge in [-0.1, -0.05) is 0 Å². The van der Waals surface area contributed by atoms with Crippen molar-refractivity contribution < 1.29 is 9.21 Å². The zero-order chi connectivity index (χ0) is 17.4. The number of aromatic nitrogens is 2. The van der Waals surface area contributed by atoms with Gasteiger partial charge in [0.05, 0.1) is 17.5 Å². The summed E-state index contributed by atoms with van der Waals surface area (Å²) in [6.07, 6.45) is 3.28. The summed E-state index contributed by atoms with van der Waals surface area (Å²) in [7, 11) is 0. The molecule has 130 valence electrons. The highest BCUT2D eigenvalue weighted by atomic mass is 32.1. The van der Waals surface area contributed by atoms with E-state index in [9.17, 15) is 9.59 Å². The summed E-state index contributed by atoms with van der Waals surface area (Å²) in [4.78, 5) is 33.9. The topological polar surface area (TPSA) is 71.1 Å². The fraction of sp³-hybridized carbons (Fsp3) is 0.353. The lowest BCUT2D eigenvalue weighted by atomic mass is 10.2. The first-order valence-electron chi connectivity index (χ1n) is 8.13. The smallest absolute Gasteiger partial charge is 0.258 e. The minimum Gasteiger partial charge on any atom is -0.469 e. The SMILES string of the molecule is Cc1occc1C(=O)N1CCN(Cc2cc(=O)n3ccsc3n2)CC1. The Bertz CT molecular complexity index is 966. The normalized spacial score (nSPS) is 15.8. The molecule has 0 spiro atoms. The number of piperazine rings is 1.